The minimum atomic E-state index is -3.41. The highest BCUT2D eigenvalue weighted by atomic mass is 35.5. The summed E-state index contributed by atoms with van der Waals surface area (Å²) in [7, 11) is -3.41. The first-order valence-corrected chi connectivity index (χ1v) is 10.5. The number of amides is 1. The molecular formula is C17H25ClN2O3S. The first-order valence-electron chi connectivity index (χ1n) is 8.29. The predicted molar refractivity (Wildman–Crippen MR) is 96.4 cm³/mol. The molecule has 1 amide bonds. The van der Waals surface area contributed by atoms with Gasteiger partial charge in [0.25, 0.3) is 0 Å². The molecule has 1 aromatic rings. The van der Waals surface area contributed by atoms with Gasteiger partial charge < -0.3 is 5.32 Å². The summed E-state index contributed by atoms with van der Waals surface area (Å²) in [4.78, 5) is 12.4. The van der Waals surface area contributed by atoms with Gasteiger partial charge in [-0.15, -0.1) is 0 Å². The number of hydrogen-bond donors (Lipinski definition) is 1. The van der Waals surface area contributed by atoms with Gasteiger partial charge in [-0.3, -0.25) is 4.79 Å². The number of hydrogen-bond acceptors (Lipinski definition) is 3. The molecule has 2 rings (SSSR count). The third kappa shape index (κ3) is 5.46. The predicted octanol–water partition coefficient (Wildman–Crippen LogP) is 3.11. The highest BCUT2D eigenvalue weighted by Gasteiger charge is 2.30. The van der Waals surface area contributed by atoms with Gasteiger partial charge in [-0.25, -0.2) is 8.42 Å². The molecule has 5 nitrogen and oxygen atoms in total. The summed E-state index contributed by atoms with van der Waals surface area (Å²) in [6.07, 6.45) is 5.99. The zero-order valence-electron chi connectivity index (χ0n) is 14.2. The second kappa shape index (κ2) is 8.32. The first kappa shape index (κ1) is 19.2. The Balaban J connectivity index is 2.00. The maximum absolute atomic E-state index is 12.4. The van der Waals surface area contributed by atoms with E-state index in [1.165, 1.54) is 10.6 Å². The fraction of sp³-hybridized carbons (Fsp3) is 0.588. The Kier molecular flexibility index (Phi) is 6.66. The second-order valence-electron chi connectivity index (χ2n) is 6.44. The molecule has 1 fully saturated rings. The minimum absolute atomic E-state index is 0.0645. The molecule has 7 heteroatoms. The summed E-state index contributed by atoms with van der Waals surface area (Å²) in [5, 5.41) is 3.51. The van der Waals surface area contributed by atoms with E-state index in [4.69, 9.17) is 11.6 Å². The van der Waals surface area contributed by atoms with Crippen LogP contribution in [0.4, 0.5) is 0 Å². The van der Waals surface area contributed by atoms with Crippen LogP contribution in [0.2, 0.25) is 5.02 Å². The summed E-state index contributed by atoms with van der Waals surface area (Å²) in [6, 6.07) is 6.97. The van der Waals surface area contributed by atoms with Gasteiger partial charge in [-0.2, -0.15) is 4.31 Å². The fourth-order valence-electron chi connectivity index (χ4n) is 3.15. The number of carbonyl (C=O) groups is 1. The van der Waals surface area contributed by atoms with Crippen LogP contribution in [0.1, 0.15) is 50.6 Å². The molecule has 0 aliphatic heterocycles. The van der Waals surface area contributed by atoms with E-state index in [1.54, 1.807) is 12.1 Å². The van der Waals surface area contributed by atoms with Crippen molar-refractivity contribution in [3.05, 3.63) is 34.9 Å². The number of carbonyl (C=O) groups excluding carboxylic acids is 1. The van der Waals surface area contributed by atoms with Crippen LogP contribution in [-0.4, -0.2) is 37.5 Å². The third-order valence-electron chi connectivity index (χ3n) is 4.45. The summed E-state index contributed by atoms with van der Waals surface area (Å²) in [6.45, 7) is 1.74. The van der Waals surface area contributed by atoms with E-state index < -0.39 is 10.0 Å². The van der Waals surface area contributed by atoms with Gasteiger partial charge in [0, 0.05) is 11.1 Å². The molecule has 0 bridgehead atoms. The van der Waals surface area contributed by atoms with Gasteiger partial charge in [-0.05, 0) is 37.5 Å². The van der Waals surface area contributed by atoms with Crippen molar-refractivity contribution in [3.8, 4) is 0 Å². The zero-order chi connectivity index (χ0) is 17.7. The molecule has 0 radical (unpaired) electrons. The van der Waals surface area contributed by atoms with E-state index in [0.29, 0.717) is 5.02 Å². The number of nitrogens with zero attached hydrogens (tertiary/aromatic N) is 1. The summed E-state index contributed by atoms with van der Waals surface area (Å²) < 4.78 is 25.5. The Hall–Kier alpha value is -1.11. The van der Waals surface area contributed by atoms with Crippen molar-refractivity contribution < 1.29 is 13.2 Å². The van der Waals surface area contributed by atoms with Gasteiger partial charge in [0.15, 0.2) is 0 Å². The lowest BCUT2D eigenvalue weighted by molar-refractivity contribution is -0.122. The minimum Gasteiger partial charge on any atom is -0.348 e. The summed E-state index contributed by atoms with van der Waals surface area (Å²) in [5.74, 6) is -0.284. The lowest BCUT2D eigenvalue weighted by Crippen LogP contribution is -2.46. The fourth-order valence-corrected chi connectivity index (χ4v) is 4.38. The van der Waals surface area contributed by atoms with Crippen molar-refractivity contribution in [2.75, 3.05) is 12.8 Å². The molecule has 1 saturated carbocycles. The molecule has 1 unspecified atom stereocenters. The topological polar surface area (TPSA) is 66.5 Å². The lowest BCUT2D eigenvalue weighted by atomic mass is 9.95. The van der Waals surface area contributed by atoms with Gasteiger partial charge in [0.2, 0.25) is 15.9 Å². The molecular weight excluding hydrogens is 348 g/mol. The van der Waals surface area contributed by atoms with E-state index >= 15 is 0 Å². The molecule has 0 heterocycles. The van der Waals surface area contributed by atoms with E-state index in [9.17, 15) is 13.2 Å². The highest BCUT2D eigenvalue weighted by molar-refractivity contribution is 7.88. The second-order valence-corrected chi connectivity index (χ2v) is 8.81. The van der Waals surface area contributed by atoms with Crippen LogP contribution < -0.4 is 5.32 Å². The molecule has 1 N–H and O–H groups in total. The zero-order valence-corrected chi connectivity index (χ0v) is 15.7. The van der Waals surface area contributed by atoms with E-state index in [2.05, 4.69) is 5.32 Å². The Labute approximate surface area is 149 Å². The van der Waals surface area contributed by atoms with Gasteiger partial charge in [0.05, 0.1) is 18.8 Å². The van der Waals surface area contributed by atoms with Crippen molar-refractivity contribution in [2.24, 2.45) is 0 Å². The van der Waals surface area contributed by atoms with E-state index in [-0.39, 0.29) is 24.5 Å². The van der Waals surface area contributed by atoms with Crippen LogP contribution in [0.5, 0.6) is 0 Å². The van der Waals surface area contributed by atoms with Gasteiger partial charge in [-0.1, -0.05) is 43.0 Å². The molecule has 24 heavy (non-hydrogen) atoms. The normalized spacial score (nSPS) is 17.7. The van der Waals surface area contributed by atoms with Crippen LogP contribution in [0.25, 0.3) is 0 Å². The molecule has 0 aromatic heterocycles. The van der Waals surface area contributed by atoms with Crippen LogP contribution in [0, 0.1) is 0 Å². The Morgan fingerprint density at radius 2 is 1.83 bits per heavy atom. The van der Waals surface area contributed by atoms with Crippen molar-refractivity contribution in [1.29, 1.82) is 0 Å². The largest absolute Gasteiger partial charge is 0.348 e. The Bertz CT molecular complexity index is 655. The highest BCUT2D eigenvalue weighted by Crippen LogP contribution is 2.24. The van der Waals surface area contributed by atoms with Crippen LogP contribution >= 0.6 is 11.6 Å². The summed E-state index contributed by atoms with van der Waals surface area (Å²) >= 11 is 5.87. The van der Waals surface area contributed by atoms with Gasteiger partial charge >= 0.3 is 0 Å². The quantitative estimate of drug-likeness (QED) is 0.834. The molecule has 134 valence electrons. The number of nitrogens with one attached hydrogen (secondary N) is 1. The summed E-state index contributed by atoms with van der Waals surface area (Å²) in [5.41, 5.74) is 0.927. The van der Waals surface area contributed by atoms with E-state index in [1.807, 2.05) is 19.1 Å². The maximum atomic E-state index is 12.4. The molecule has 0 saturated heterocycles. The van der Waals surface area contributed by atoms with Gasteiger partial charge in [0.1, 0.15) is 0 Å². The number of benzene rings is 1. The number of halogens is 1. The van der Waals surface area contributed by atoms with Crippen LogP contribution in [-0.2, 0) is 14.8 Å². The van der Waals surface area contributed by atoms with Crippen molar-refractivity contribution in [2.45, 2.75) is 51.1 Å². The smallest absolute Gasteiger partial charge is 0.235 e. The molecule has 1 aliphatic carbocycles. The monoisotopic (exact) mass is 372 g/mol. The van der Waals surface area contributed by atoms with Crippen molar-refractivity contribution in [1.82, 2.24) is 9.62 Å². The number of sulfonamides is 1. The standard InChI is InChI=1S/C17H25ClN2O3S/c1-13(14-8-10-15(18)11-9-14)19-17(21)12-20(24(2,22)23)16-6-4-3-5-7-16/h8-11,13,16H,3-7,12H2,1-2H3,(H,19,21). The van der Waals surface area contributed by atoms with E-state index in [0.717, 1.165) is 37.7 Å². The van der Waals surface area contributed by atoms with Crippen molar-refractivity contribution in [3.63, 3.8) is 0 Å². The maximum Gasteiger partial charge on any atom is 0.235 e. The first-order chi connectivity index (χ1) is 11.3. The number of rotatable bonds is 6. The average molecular weight is 373 g/mol. The molecule has 1 aliphatic rings. The van der Waals surface area contributed by atoms with Crippen LogP contribution in [0.3, 0.4) is 0 Å². The average Bonchev–Trinajstić information content (AvgIpc) is 2.53. The Morgan fingerprint density at radius 1 is 1.25 bits per heavy atom. The Morgan fingerprint density at radius 3 is 2.38 bits per heavy atom. The van der Waals surface area contributed by atoms with Crippen LogP contribution in [0.15, 0.2) is 24.3 Å². The molecule has 1 atom stereocenters. The van der Waals surface area contributed by atoms with Crippen molar-refractivity contribution >= 4 is 27.5 Å². The molecule has 1 aromatic carbocycles. The third-order valence-corrected chi connectivity index (χ3v) is 5.99. The lowest BCUT2D eigenvalue weighted by Gasteiger charge is -2.32. The SMILES string of the molecule is CC(NC(=O)CN(C1CCCCC1)S(C)(=O)=O)c1ccc(Cl)cc1. The molecule has 0 spiro atoms.